The standard InChI is InChI=1S/C20H21N9/c1-13-10-23-20(28-27-13)26-16-5-4-15(9-16)25-18-7-6-17(12-22-18)29-19-14(11-24-29)3-2-8-21-19/h2-3,6-8,10-12,15-16H,4-5,9H2,1H3,(H,22,25)(H,23,26,28)/t15-,16-/m0/s1. The smallest absolute Gasteiger partial charge is 0.242 e. The highest BCUT2D eigenvalue weighted by Gasteiger charge is 2.25. The lowest BCUT2D eigenvalue weighted by Gasteiger charge is -2.15. The summed E-state index contributed by atoms with van der Waals surface area (Å²) in [6, 6.07) is 8.59. The molecule has 0 amide bonds. The van der Waals surface area contributed by atoms with Crippen molar-refractivity contribution >= 4 is 22.8 Å². The molecular weight excluding hydrogens is 366 g/mol. The van der Waals surface area contributed by atoms with Crippen LogP contribution in [-0.2, 0) is 0 Å². The van der Waals surface area contributed by atoms with E-state index in [2.05, 4.69) is 40.9 Å². The summed E-state index contributed by atoms with van der Waals surface area (Å²) in [5, 5.41) is 20.4. The summed E-state index contributed by atoms with van der Waals surface area (Å²) in [5.74, 6) is 1.45. The zero-order valence-corrected chi connectivity index (χ0v) is 16.0. The third-order valence-corrected chi connectivity index (χ3v) is 5.12. The predicted octanol–water partition coefficient (Wildman–Crippen LogP) is 2.75. The van der Waals surface area contributed by atoms with Crippen molar-refractivity contribution in [2.75, 3.05) is 10.6 Å². The SMILES string of the molecule is Cc1cnc(N[C@H]2CC[C@H](Nc3ccc(-n4ncc5cccnc54)cn3)C2)nn1. The zero-order valence-electron chi connectivity index (χ0n) is 16.0. The molecule has 0 radical (unpaired) electrons. The minimum absolute atomic E-state index is 0.331. The average Bonchev–Trinajstić information content (AvgIpc) is 3.37. The molecule has 0 unspecified atom stereocenters. The maximum Gasteiger partial charge on any atom is 0.242 e. The molecule has 0 bridgehead atoms. The van der Waals surface area contributed by atoms with Gasteiger partial charge in [-0.15, -0.1) is 5.10 Å². The number of nitrogens with zero attached hydrogens (tertiary/aromatic N) is 7. The highest BCUT2D eigenvalue weighted by atomic mass is 15.3. The van der Waals surface area contributed by atoms with Gasteiger partial charge in [0.2, 0.25) is 5.95 Å². The van der Waals surface area contributed by atoms with Crippen LogP contribution in [0.2, 0.25) is 0 Å². The molecule has 4 heterocycles. The van der Waals surface area contributed by atoms with Crippen molar-refractivity contribution in [2.45, 2.75) is 38.3 Å². The minimum atomic E-state index is 0.331. The Labute approximate surface area is 167 Å². The molecule has 4 aromatic rings. The van der Waals surface area contributed by atoms with Gasteiger partial charge in [0.05, 0.1) is 30.0 Å². The third kappa shape index (κ3) is 3.71. The lowest BCUT2D eigenvalue weighted by atomic mass is 10.2. The van der Waals surface area contributed by atoms with E-state index in [1.807, 2.05) is 43.6 Å². The normalized spacial score (nSPS) is 18.8. The van der Waals surface area contributed by atoms with Gasteiger partial charge in [0, 0.05) is 23.7 Å². The number of rotatable bonds is 5. The average molecular weight is 387 g/mol. The summed E-state index contributed by atoms with van der Waals surface area (Å²) >= 11 is 0. The summed E-state index contributed by atoms with van der Waals surface area (Å²) in [6.07, 6.45) is 10.2. The first-order valence-electron chi connectivity index (χ1n) is 9.69. The molecule has 0 saturated heterocycles. The second-order valence-electron chi connectivity index (χ2n) is 7.29. The van der Waals surface area contributed by atoms with Crippen LogP contribution < -0.4 is 10.6 Å². The first kappa shape index (κ1) is 17.5. The molecule has 0 spiro atoms. The van der Waals surface area contributed by atoms with Gasteiger partial charge in [-0.3, -0.25) is 0 Å². The molecule has 2 N–H and O–H groups in total. The van der Waals surface area contributed by atoms with Crippen LogP contribution in [0, 0.1) is 6.92 Å². The van der Waals surface area contributed by atoms with E-state index in [1.54, 1.807) is 17.1 Å². The summed E-state index contributed by atoms with van der Waals surface area (Å²) in [4.78, 5) is 13.3. The number of hydrogen-bond acceptors (Lipinski definition) is 8. The van der Waals surface area contributed by atoms with Gasteiger partial charge in [-0.05, 0) is 50.5 Å². The molecule has 146 valence electrons. The molecule has 4 aromatic heterocycles. The molecular formula is C20H21N9. The number of pyridine rings is 2. The van der Waals surface area contributed by atoms with Crippen molar-refractivity contribution < 1.29 is 0 Å². The van der Waals surface area contributed by atoms with Crippen molar-refractivity contribution in [2.24, 2.45) is 0 Å². The fourth-order valence-corrected chi connectivity index (χ4v) is 3.68. The Kier molecular flexibility index (Phi) is 4.47. The van der Waals surface area contributed by atoms with Gasteiger partial charge in [-0.2, -0.15) is 10.2 Å². The molecule has 0 aromatic carbocycles. The van der Waals surface area contributed by atoms with Crippen LogP contribution in [0.4, 0.5) is 11.8 Å². The maximum absolute atomic E-state index is 4.57. The first-order chi connectivity index (χ1) is 14.2. The fourth-order valence-electron chi connectivity index (χ4n) is 3.68. The molecule has 0 aliphatic heterocycles. The Morgan fingerprint density at radius 1 is 0.931 bits per heavy atom. The van der Waals surface area contributed by atoms with Crippen molar-refractivity contribution in [3.8, 4) is 5.69 Å². The van der Waals surface area contributed by atoms with Crippen LogP contribution in [0.3, 0.4) is 0 Å². The van der Waals surface area contributed by atoms with Gasteiger partial charge in [0.15, 0.2) is 5.65 Å². The highest BCUT2D eigenvalue weighted by molar-refractivity contribution is 5.75. The topological polar surface area (TPSA) is 106 Å². The van der Waals surface area contributed by atoms with Gasteiger partial charge >= 0.3 is 0 Å². The predicted molar refractivity (Wildman–Crippen MR) is 110 cm³/mol. The zero-order chi connectivity index (χ0) is 19.6. The van der Waals surface area contributed by atoms with Gasteiger partial charge in [0.25, 0.3) is 0 Å². The van der Waals surface area contributed by atoms with Crippen LogP contribution in [-0.4, -0.2) is 47.0 Å². The summed E-state index contributed by atoms with van der Waals surface area (Å²) in [6.45, 7) is 1.88. The molecule has 5 rings (SSSR count). The second-order valence-corrected chi connectivity index (χ2v) is 7.29. The van der Waals surface area contributed by atoms with Gasteiger partial charge in [-0.1, -0.05) is 0 Å². The fraction of sp³-hybridized carbons (Fsp3) is 0.300. The number of hydrogen-bond donors (Lipinski definition) is 2. The van der Waals surface area contributed by atoms with Crippen molar-refractivity contribution in [3.05, 3.63) is 54.7 Å². The Hall–Kier alpha value is -3.62. The van der Waals surface area contributed by atoms with E-state index in [0.29, 0.717) is 18.0 Å². The molecule has 1 saturated carbocycles. The first-order valence-corrected chi connectivity index (χ1v) is 9.69. The molecule has 1 aliphatic rings. The number of nitrogens with one attached hydrogen (secondary N) is 2. The number of aryl methyl sites for hydroxylation is 1. The van der Waals surface area contributed by atoms with Crippen LogP contribution in [0.1, 0.15) is 25.0 Å². The molecule has 1 fully saturated rings. The van der Waals surface area contributed by atoms with Crippen molar-refractivity contribution in [1.29, 1.82) is 0 Å². The van der Waals surface area contributed by atoms with E-state index in [-0.39, 0.29) is 0 Å². The van der Waals surface area contributed by atoms with E-state index in [9.17, 15) is 0 Å². The Morgan fingerprint density at radius 2 is 1.83 bits per heavy atom. The number of anilines is 2. The minimum Gasteiger partial charge on any atom is -0.367 e. The van der Waals surface area contributed by atoms with Gasteiger partial charge < -0.3 is 10.6 Å². The summed E-state index contributed by atoms with van der Waals surface area (Å²) in [5.41, 5.74) is 2.53. The Bertz CT molecular complexity index is 1100. The third-order valence-electron chi connectivity index (χ3n) is 5.12. The lowest BCUT2D eigenvalue weighted by molar-refractivity contribution is 0.712. The summed E-state index contributed by atoms with van der Waals surface area (Å²) < 4.78 is 1.80. The molecule has 9 nitrogen and oxygen atoms in total. The number of aromatic nitrogens is 7. The van der Waals surface area contributed by atoms with E-state index in [1.165, 1.54) is 0 Å². The monoisotopic (exact) mass is 387 g/mol. The molecule has 1 aliphatic carbocycles. The van der Waals surface area contributed by atoms with Crippen molar-refractivity contribution in [3.63, 3.8) is 0 Å². The van der Waals surface area contributed by atoms with Crippen LogP contribution >= 0.6 is 0 Å². The van der Waals surface area contributed by atoms with E-state index in [4.69, 9.17) is 0 Å². The van der Waals surface area contributed by atoms with E-state index in [0.717, 1.165) is 47.5 Å². The Balaban J connectivity index is 1.22. The van der Waals surface area contributed by atoms with Crippen molar-refractivity contribution in [1.82, 2.24) is 34.9 Å². The van der Waals surface area contributed by atoms with Gasteiger partial charge in [-0.25, -0.2) is 19.6 Å². The highest BCUT2D eigenvalue weighted by Crippen LogP contribution is 2.25. The summed E-state index contributed by atoms with van der Waals surface area (Å²) in [7, 11) is 0. The van der Waals surface area contributed by atoms with Crippen LogP contribution in [0.25, 0.3) is 16.7 Å². The lowest BCUT2D eigenvalue weighted by Crippen LogP contribution is -2.22. The molecule has 29 heavy (non-hydrogen) atoms. The van der Waals surface area contributed by atoms with Gasteiger partial charge in [0.1, 0.15) is 5.82 Å². The number of fused-ring (bicyclic) bond motifs is 1. The molecule has 2 atom stereocenters. The quantitative estimate of drug-likeness (QED) is 0.538. The van der Waals surface area contributed by atoms with Crippen LogP contribution in [0.15, 0.2) is 49.1 Å². The second kappa shape index (κ2) is 7.42. The van der Waals surface area contributed by atoms with E-state index >= 15 is 0 Å². The van der Waals surface area contributed by atoms with E-state index < -0.39 is 0 Å². The maximum atomic E-state index is 4.57. The Morgan fingerprint density at radius 3 is 2.62 bits per heavy atom. The molecule has 9 heteroatoms. The largest absolute Gasteiger partial charge is 0.367 e. The van der Waals surface area contributed by atoms with Crippen LogP contribution in [0.5, 0.6) is 0 Å².